The lowest BCUT2D eigenvalue weighted by molar-refractivity contribution is 0.118. The van der Waals surface area contributed by atoms with Gasteiger partial charge in [-0.1, -0.05) is 27.7 Å². The van der Waals surface area contributed by atoms with Gasteiger partial charge in [0.2, 0.25) is 0 Å². The minimum atomic E-state index is 0.720. The van der Waals surface area contributed by atoms with Gasteiger partial charge < -0.3 is 10.1 Å². The van der Waals surface area contributed by atoms with Gasteiger partial charge in [-0.25, -0.2) is 0 Å². The zero-order valence-electron chi connectivity index (χ0n) is 12.5. The summed E-state index contributed by atoms with van der Waals surface area (Å²) in [4.78, 5) is 2.60. The lowest BCUT2D eigenvalue weighted by atomic mass is 10.0. The quantitative estimate of drug-likeness (QED) is 0.808. The van der Waals surface area contributed by atoms with E-state index in [1.54, 1.807) is 0 Å². The summed E-state index contributed by atoms with van der Waals surface area (Å²) in [6.45, 7) is 12.4. The van der Waals surface area contributed by atoms with Crippen molar-refractivity contribution >= 4 is 0 Å². The fraction of sp³-hybridized carbons (Fsp3) is 1.00. The summed E-state index contributed by atoms with van der Waals surface area (Å²) < 4.78 is 5.41. The summed E-state index contributed by atoms with van der Waals surface area (Å²) in [5, 5.41) is 3.36. The Bertz CT molecular complexity index is 150. The van der Waals surface area contributed by atoms with Crippen molar-refractivity contribution in [3.05, 3.63) is 0 Å². The van der Waals surface area contributed by atoms with Gasteiger partial charge in [-0.05, 0) is 26.3 Å². The van der Waals surface area contributed by atoms with Crippen LogP contribution in [-0.4, -0.2) is 50.3 Å². The van der Waals surface area contributed by atoms with Crippen LogP contribution >= 0.6 is 0 Å². The molecular weight excluding hydrogens is 212 g/mol. The molecule has 0 aromatic carbocycles. The van der Waals surface area contributed by atoms with Crippen molar-refractivity contribution in [2.75, 3.05) is 33.4 Å². The van der Waals surface area contributed by atoms with E-state index in [0.717, 1.165) is 25.3 Å². The van der Waals surface area contributed by atoms with E-state index in [4.69, 9.17) is 4.74 Å². The highest BCUT2D eigenvalue weighted by Gasteiger charge is 2.26. The second kappa shape index (κ2) is 11.0. The Labute approximate surface area is 108 Å². The predicted molar refractivity (Wildman–Crippen MR) is 75.6 cm³/mol. The van der Waals surface area contributed by atoms with E-state index in [-0.39, 0.29) is 0 Å². The van der Waals surface area contributed by atoms with Crippen LogP contribution in [0.5, 0.6) is 0 Å². The molecule has 0 aromatic rings. The van der Waals surface area contributed by atoms with Crippen LogP contribution in [-0.2, 0) is 4.74 Å². The van der Waals surface area contributed by atoms with Gasteiger partial charge in [-0.15, -0.1) is 0 Å². The number of hydrogen-bond acceptors (Lipinski definition) is 3. The van der Waals surface area contributed by atoms with Crippen LogP contribution in [0, 0.1) is 0 Å². The van der Waals surface area contributed by atoms with Crippen LogP contribution in [0.15, 0.2) is 0 Å². The number of hydrogen-bond donors (Lipinski definition) is 1. The fourth-order valence-electron chi connectivity index (χ4n) is 2.36. The van der Waals surface area contributed by atoms with Crippen molar-refractivity contribution in [1.29, 1.82) is 0 Å². The van der Waals surface area contributed by atoms with E-state index < -0.39 is 0 Å². The Kier molecular flexibility index (Phi) is 10.9. The number of rotatable bonds is 2. The first-order valence-corrected chi connectivity index (χ1v) is 7.39. The second-order valence-electron chi connectivity index (χ2n) is 4.12. The Balaban J connectivity index is 0.000000581. The first-order valence-electron chi connectivity index (χ1n) is 7.39. The molecule has 0 spiro atoms. The highest BCUT2D eigenvalue weighted by Crippen LogP contribution is 2.18. The Morgan fingerprint density at radius 3 is 2.00 bits per heavy atom. The maximum absolute atomic E-state index is 5.41. The monoisotopic (exact) mass is 244 g/mol. The Morgan fingerprint density at radius 1 is 1.00 bits per heavy atom. The highest BCUT2D eigenvalue weighted by molar-refractivity contribution is 4.82. The van der Waals surface area contributed by atoms with Crippen LogP contribution in [0.2, 0.25) is 0 Å². The zero-order chi connectivity index (χ0) is 13.1. The third-order valence-corrected chi connectivity index (χ3v) is 3.36. The number of likely N-dealkylation sites (tertiary alicyclic amines) is 1. The minimum Gasteiger partial charge on any atom is -0.380 e. The molecule has 2 rings (SSSR count). The molecule has 0 saturated carbocycles. The van der Waals surface area contributed by atoms with Crippen molar-refractivity contribution in [2.24, 2.45) is 0 Å². The van der Waals surface area contributed by atoms with Crippen molar-refractivity contribution < 1.29 is 4.74 Å². The number of ether oxygens (including phenoxy) is 1. The molecule has 2 aliphatic heterocycles. The van der Waals surface area contributed by atoms with Gasteiger partial charge >= 0.3 is 0 Å². The van der Waals surface area contributed by atoms with Crippen LogP contribution in [0.3, 0.4) is 0 Å². The minimum absolute atomic E-state index is 0.720. The van der Waals surface area contributed by atoms with E-state index in [2.05, 4.69) is 17.3 Å². The number of nitrogens with one attached hydrogen (secondary N) is 1. The lowest BCUT2D eigenvalue weighted by Gasteiger charge is -2.35. The van der Waals surface area contributed by atoms with Crippen LogP contribution < -0.4 is 5.32 Å². The fourth-order valence-corrected chi connectivity index (χ4v) is 2.36. The molecule has 0 radical (unpaired) electrons. The molecule has 0 bridgehead atoms. The average molecular weight is 244 g/mol. The van der Waals surface area contributed by atoms with Gasteiger partial charge in [-0.2, -0.15) is 0 Å². The molecule has 2 aliphatic rings. The van der Waals surface area contributed by atoms with E-state index >= 15 is 0 Å². The first kappa shape index (κ1) is 16.9. The smallest absolute Gasteiger partial charge is 0.0622 e. The summed E-state index contributed by atoms with van der Waals surface area (Å²) in [7, 11) is 2.07. The number of piperidine rings is 1. The topological polar surface area (TPSA) is 24.5 Å². The van der Waals surface area contributed by atoms with E-state index in [1.165, 1.54) is 32.4 Å². The number of nitrogens with zero attached hydrogens (tertiary/aromatic N) is 1. The van der Waals surface area contributed by atoms with Crippen LogP contribution in [0.25, 0.3) is 0 Å². The van der Waals surface area contributed by atoms with Crippen molar-refractivity contribution in [3.8, 4) is 0 Å². The van der Waals surface area contributed by atoms with E-state index in [1.807, 2.05) is 27.7 Å². The largest absolute Gasteiger partial charge is 0.380 e. The Morgan fingerprint density at radius 2 is 1.59 bits per heavy atom. The molecule has 1 unspecified atom stereocenters. The lowest BCUT2D eigenvalue weighted by Crippen LogP contribution is -2.46. The molecule has 104 valence electrons. The molecule has 0 aromatic heterocycles. The maximum atomic E-state index is 5.41. The van der Waals surface area contributed by atoms with Crippen molar-refractivity contribution in [2.45, 2.75) is 59.0 Å². The van der Waals surface area contributed by atoms with E-state index in [0.29, 0.717) is 0 Å². The molecule has 3 nitrogen and oxygen atoms in total. The molecule has 0 amide bonds. The van der Waals surface area contributed by atoms with E-state index in [9.17, 15) is 0 Å². The summed E-state index contributed by atoms with van der Waals surface area (Å²) in [6, 6.07) is 1.47. The zero-order valence-corrected chi connectivity index (χ0v) is 12.5. The van der Waals surface area contributed by atoms with Gasteiger partial charge in [0.1, 0.15) is 0 Å². The second-order valence-corrected chi connectivity index (χ2v) is 4.12. The normalized spacial score (nSPS) is 25.6. The average Bonchev–Trinajstić information content (AvgIpc) is 2.97. The third kappa shape index (κ3) is 5.84. The molecule has 2 fully saturated rings. The molecule has 1 atom stereocenters. The molecule has 2 heterocycles. The highest BCUT2D eigenvalue weighted by atomic mass is 16.5. The van der Waals surface area contributed by atoms with Crippen molar-refractivity contribution in [3.63, 3.8) is 0 Å². The summed E-state index contributed by atoms with van der Waals surface area (Å²) in [5.41, 5.74) is 0. The maximum Gasteiger partial charge on any atom is 0.0622 e. The summed E-state index contributed by atoms with van der Waals surface area (Å²) in [5.74, 6) is 0. The van der Waals surface area contributed by atoms with Gasteiger partial charge in [0.25, 0.3) is 0 Å². The van der Waals surface area contributed by atoms with Crippen molar-refractivity contribution in [1.82, 2.24) is 10.2 Å². The molecular formula is C14H32N2O. The summed E-state index contributed by atoms with van der Waals surface area (Å²) in [6.07, 6.45) is 3.84. The third-order valence-electron chi connectivity index (χ3n) is 3.36. The molecule has 17 heavy (non-hydrogen) atoms. The standard InChI is InChI=1S/C10H20N2O.2C2H6/c1-11-9-2-5-12(6-3-9)10-4-7-13-8-10;2*1-2/h9-11H,2-8H2,1H3;2*1-2H3. The van der Waals surface area contributed by atoms with Gasteiger partial charge in [-0.3, -0.25) is 4.90 Å². The van der Waals surface area contributed by atoms with Gasteiger partial charge in [0.05, 0.1) is 6.61 Å². The molecule has 3 heteroatoms. The molecule has 1 N–H and O–H groups in total. The van der Waals surface area contributed by atoms with Gasteiger partial charge in [0, 0.05) is 31.8 Å². The molecule has 0 aliphatic carbocycles. The Hall–Kier alpha value is -0.120. The predicted octanol–water partition coefficient (Wildman–Crippen LogP) is 2.51. The first-order chi connectivity index (χ1) is 8.40. The van der Waals surface area contributed by atoms with Crippen LogP contribution in [0.4, 0.5) is 0 Å². The SMILES string of the molecule is CC.CC.CNC1CCN(C2CCOC2)CC1. The molecule has 2 saturated heterocycles. The van der Waals surface area contributed by atoms with Gasteiger partial charge in [0.15, 0.2) is 0 Å². The van der Waals surface area contributed by atoms with Crippen LogP contribution in [0.1, 0.15) is 47.0 Å². The summed E-state index contributed by atoms with van der Waals surface area (Å²) >= 11 is 0.